The molecule has 1 fully saturated rings. The second-order valence-electron chi connectivity index (χ2n) is 6.65. The molecular formula is C19H30FN3O2. The first-order valence-electron chi connectivity index (χ1n) is 9.19. The van der Waals surface area contributed by atoms with Crippen molar-refractivity contribution in [2.45, 2.75) is 32.7 Å². The van der Waals surface area contributed by atoms with Crippen molar-refractivity contribution in [2.24, 2.45) is 0 Å². The van der Waals surface area contributed by atoms with Crippen molar-refractivity contribution >= 4 is 5.91 Å². The molecule has 5 nitrogen and oxygen atoms in total. The molecule has 140 valence electrons. The van der Waals surface area contributed by atoms with Crippen LogP contribution >= 0.6 is 0 Å². The Balaban J connectivity index is 1.56. The Morgan fingerprint density at radius 1 is 1.20 bits per heavy atom. The van der Waals surface area contributed by atoms with Crippen LogP contribution in [-0.4, -0.2) is 67.6 Å². The molecule has 0 spiro atoms. The molecule has 1 aromatic carbocycles. The molecule has 1 atom stereocenters. The van der Waals surface area contributed by atoms with Gasteiger partial charge in [-0.05, 0) is 44.0 Å². The molecule has 2 rings (SSSR count). The largest absolute Gasteiger partial charge is 0.494 e. The minimum absolute atomic E-state index is 0.121. The van der Waals surface area contributed by atoms with Gasteiger partial charge in [-0.1, -0.05) is 6.92 Å². The van der Waals surface area contributed by atoms with Gasteiger partial charge in [-0.25, -0.2) is 4.39 Å². The van der Waals surface area contributed by atoms with Gasteiger partial charge in [0.15, 0.2) is 0 Å². The van der Waals surface area contributed by atoms with Crippen molar-refractivity contribution in [2.75, 3.05) is 45.9 Å². The predicted octanol–water partition coefficient (Wildman–Crippen LogP) is 2.13. The maximum atomic E-state index is 12.8. The summed E-state index contributed by atoms with van der Waals surface area (Å²) in [6.45, 7) is 10.0. The van der Waals surface area contributed by atoms with Gasteiger partial charge in [0.25, 0.3) is 0 Å². The van der Waals surface area contributed by atoms with Crippen LogP contribution in [0.15, 0.2) is 24.3 Å². The highest BCUT2D eigenvalue weighted by atomic mass is 19.1. The van der Waals surface area contributed by atoms with E-state index >= 15 is 0 Å². The molecule has 1 amide bonds. The minimum Gasteiger partial charge on any atom is -0.494 e. The number of hydrogen-bond acceptors (Lipinski definition) is 4. The van der Waals surface area contributed by atoms with Gasteiger partial charge in [0.2, 0.25) is 5.91 Å². The van der Waals surface area contributed by atoms with Gasteiger partial charge in [-0.2, -0.15) is 0 Å². The molecule has 25 heavy (non-hydrogen) atoms. The Morgan fingerprint density at radius 3 is 2.48 bits per heavy atom. The van der Waals surface area contributed by atoms with E-state index in [4.69, 9.17) is 4.74 Å². The lowest BCUT2D eigenvalue weighted by molar-refractivity contribution is -0.123. The molecule has 1 aliphatic rings. The summed E-state index contributed by atoms with van der Waals surface area (Å²) in [6, 6.07) is 6.37. The highest BCUT2D eigenvalue weighted by molar-refractivity contribution is 5.78. The third kappa shape index (κ3) is 7.40. The smallest absolute Gasteiger partial charge is 0.234 e. The predicted molar refractivity (Wildman–Crippen MR) is 97.3 cm³/mol. The zero-order valence-corrected chi connectivity index (χ0v) is 15.3. The van der Waals surface area contributed by atoms with Gasteiger partial charge >= 0.3 is 0 Å². The lowest BCUT2D eigenvalue weighted by Gasteiger charge is -2.34. The molecule has 0 saturated carbocycles. The van der Waals surface area contributed by atoms with Crippen molar-refractivity contribution in [1.82, 2.24) is 15.1 Å². The maximum Gasteiger partial charge on any atom is 0.234 e. The summed E-state index contributed by atoms with van der Waals surface area (Å²) in [7, 11) is 0. The zero-order chi connectivity index (χ0) is 18.1. The number of halogens is 1. The monoisotopic (exact) mass is 351 g/mol. The third-order valence-corrected chi connectivity index (χ3v) is 4.55. The second kappa shape index (κ2) is 10.4. The molecule has 0 aliphatic carbocycles. The van der Waals surface area contributed by atoms with Crippen LogP contribution in [-0.2, 0) is 4.79 Å². The van der Waals surface area contributed by atoms with E-state index in [-0.39, 0.29) is 17.8 Å². The van der Waals surface area contributed by atoms with Crippen LogP contribution < -0.4 is 10.1 Å². The van der Waals surface area contributed by atoms with Crippen LogP contribution in [0, 0.1) is 5.82 Å². The molecule has 6 heteroatoms. The van der Waals surface area contributed by atoms with E-state index in [9.17, 15) is 9.18 Å². The molecule has 0 aromatic heterocycles. The van der Waals surface area contributed by atoms with Crippen molar-refractivity contribution in [3.8, 4) is 5.75 Å². The number of benzene rings is 1. The summed E-state index contributed by atoms with van der Waals surface area (Å²) in [5.74, 6) is 0.581. The number of piperazine rings is 1. The SMILES string of the molecule is CCC(C)NC(=O)CN1CCN(CCCOc2ccc(F)cc2)CC1. The Morgan fingerprint density at radius 2 is 1.84 bits per heavy atom. The Kier molecular flexibility index (Phi) is 8.15. The van der Waals surface area contributed by atoms with Crippen molar-refractivity contribution in [3.63, 3.8) is 0 Å². The number of amides is 1. The Labute approximate surface area is 150 Å². The normalized spacial score (nSPS) is 17.2. The second-order valence-corrected chi connectivity index (χ2v) is 6.65. The first kappa shape index (κ1) is 19.7. The standard InChI is InChI=1S/C19H30FN3O2/c1-3-16(2)21-19(24)15-23-12-10-22(11-13-23)9-4-14-25-18-7-5-17(20)6-8-18/h5-8,16H,3-4,9-15H2,1-2H3,(H,21,24). The number of carbonyl (C=O) groups is 1. The van der Waals surface area contributed by atoms with Crippen molar-refractivity contribution in [1.29, 1.82) is 0 Å². The molecule has 1 aromatic rings. The Bertz CT molecular complexity index is 516. The molecule has 1 saturated heterocycles. The van der Waals surface area contributed by atoms with E-state index in [2.05, 4.69) is 22.0 Å². The van der Waals surface area contributed by atoms with Crippen LogP contribution in [0.3, 0.4) is 0 Å². The molecule has 1 N–H and O–H groups in total. The van der Waals surface area contributed by atoms with Gasteiger partial charge in [0.1, 0.15) is 11.6 Å². The summed E-state index contributed by atoms with van der Waals surface area (Å²) in [4.78, 5) is 16.5. The average Bonchev–Trinajstić information content (AvgIpc) is 2.61. The quantitative estimate of drug-likeness (QED) is 0.692. The summed E-state index contributed by atoms with van der Waals surface area (Å²) in [6.07, 6.45) is 1.89. The summed E-state index contributed by atoms with van der Waals surface area (Å²) >= 11 is 0. The first-order valence-corrected chi connectivity index (χ1v) is 9.19. The number of hydrogen-bond donors (Lipinski definition) is 1. The fourth-order valence-electron chi connectivity index (χ4n) is 2.81. The highest BCUT2D eigenvalue weighted by Gasteiger charge is 2.19. The molecular weight excluding hydrogens is 321 g/mol. The number of ether oxygens (including phenoxy) is 1. The molecule has 0 radical (unpaired) electrons. The van der Waals surface area contributed by atoms with Gasteiger partial charge in [-0.15, -0.1) is 0 Å². The van der Waals surface area contributed by atoms with Gasteiger partial charge in [-0.3, -0.25) is 9.69 Å². The van der Waals surface area contributed by atoms with E-state index < -0.39 is 0 Å². The lowest BCUT2D eigenvalue weighted by Crippen LogP contribution is -2.50. The van der Waals surface area contributed by atoms with Crippen LogP contribution in [0.25, 0.3) is 0 Å². The molecule has 0 bridgehead atoms. The highest BCUT2D eigenvalue weighted by Crippen LogP contribution is 2.11. The van der Waals surface area contributed by atoms with E-state index in [1.54, 1.807) is 12.1 Å². The number of nitrogens with one attached hydrogen (secondary N) is 1. The number of rotatable bonds is 9. The third-order valence-electron chi connectivity index (χ3n) is 4.55. The van der Waals surface area contributed by atoms with E-state index in [1.165, 1.54) is 12.1 Å². The number of nitrogens with zero attached hydrogens (tertiary/aromatic N) is 2. The fourth-order valence-corrected chi connectivity index (χ4v) is 2.81. The van der Waals surface area contributed by atoms with Gasteiger partial charge in [0.05, 0.1) is 13.2 Å². The van der Waals surface area contributed by atoms with E-state index in [0.717, 1.165) is 45.6 Å². The average molecular weight is 351 g/mol. The van der Waals surface area contributed by atoms with Crippen LogP contribution in [0.1, 0.15) is 26.7 Å². The fraction of sp³-hybridized carbons (Fsp3) is 0.632. The lowest BCUT2D eigenvalue weighted by atomic mass is 10.2. The minimum atomic E-state index is -0.247. The summed E-state index contributed by atoms with van der Waals surface area (Å²) in [5.41, 5.74) is 0. The molecule has 1 unspecified atom stereocenters. The van der Waals surface area contributed by atoms with E-state index in [1.807, 2.05) is 6.92 Å². The van der Waals surface area contributed by atoms with Gasteiger partial charge < -0.3 is 15.0 Å². The van der Waals surface area contributed by atoms with E-state index in [0.29, 0.717) is 18.9 Å². The maximum absolute atomic E-state index is 12.8. The Hall–Kier alpha value is -1.66. The van der Waals surface area contributed by atoms with Crippen LogP contribution in [0.5, 0.6) is 5.75 Å². The molecule has 1 aliphatic heterocycles. The van der Waals surface area contributed by atoms with Crippen LogP contribution in [0.4, 0.5) is 4.39 Å². The molecule has 1 heterocycles. The summed E-state index contributed by atoms with van der Waals surface area (Å²) < 4.78 is 18.4. The topological polar surface area (TPSA) is 44.8 Å². The number of carbonyl (C=O) groups excluding carboxylic acids is 1. The first-order chi connectivity index (χ1) is 12.1. The van der Waals surface area contributed by atoms with Crippen LogP contribution in [0.2, 0.25) is 0 Å². The zero-order valence-electron chi connectivity index (χ0n) is 15.3. The van der Waals surface area contributed by atoms with Crippen molar-refractivity contribution in [3.05, 3.63) is 30.1 Å². The van der Waals surface area contributed by atoms with Crippen molar-refractivity contribution < 1.29 is 13.9 Å². The van der Waals surface area contributed by atoms with Gasteiger partial charge in [0, 0.05) is 38.8 Å². The summed E-state index contributed by atoms with van der Waals surface area (Å²) in [5, 5.41) is 3.01.